The predicted molar refractivity (Wildman–Crippen MR) is 83.8 cm³/mol. The minimum atomic E-state index is -2.95. The molecule has 1 heterocycles. The molecule has 0 unspecified atom stereocenters. The average Bonchev–Trinajstić information content (AvgIpc) is 2.75. The number of likely N-dealkylation sites (tertiary alicyclic amines) is 1. The molecular formula is C15H28N2O3S. The second-order valence-corrected chi connectivity index (χ2v) is 10.4. The molecule has 1 aliphatic carbocycles. The fourth-order valence-corrected chi connectivity index (χ4v) is 4.20. The topological polar surface area (TPSA) is 66.5 Å². The molecule has 5 nitrogen and oxygen atoms in total. The van der Waals surface area contributed by atoms with Crippen molar-refractivity contribution in [3.63, 3.8) is 0 Å². The molecule has 0 aromatic carbocycles. The van der Waals surface area contributed by atoms with Gasteiger partial charge in [-0.15, -0.1) is 0 Å². The number of fused-ring (bicyclic) bond motifs is 1. The summed E-state index contributed by atoms with van der Waals surface area (Å²) in [6, 6.07) is -0.00886. The van der Waals surface area contributed by atoms with Gasteiger partial charge in [0.15, 0.2) is 0 Å². The van der Waals surface area contributed by atoms with Crippen molar-refractivity contribution >= 4 is 15.9 Å². The van der Waals surface area contributed by atoms with Crippen molar-refractivity contribution in [2.45, 2.75) is 34.1 Å². The average molecular weight is 316 g/mol. The lowest BCUT2D eigenvalue weighted by atomic mass is 9.90. The Kier molecular flexibility index (Phi) is 4.06. The highest BCUT2D eigenvalue weighted by molar-refractivity contribution is 7.90. The van der Waals surface area contributed by atoms with Gasteiger partial charge in [-0.25, -0.2) is 13.2 Å². The Labute approximate surface area is 128 Å². The summed E-state index contributed by atoms with van der Waals surface area (Å²) in [6.45, 7) is 10.7. The van der Waals surface area contributed by atoms with Crippen molar-refractivity contribution in [1.82, 2.24) is 10.2 Å². The third-order valence-electron chi connectivity index (χ3n) is 5.28. The van der Waals surface area contributed by atoms with Crippen molar-refractivity contribution in [1.29, 1.82) is 0 Å². The number of hydrogen-bond acceptors (Lipinski definition) is 3. The molecular weight excluding hydrogens is 288 g/mol. The third kappa shape index (κ3) is 3.90. The number of amides is 2. The molecule has 21 heavy (non-hydrogen) atoms. The number of nitrogens with zero attached hydrogens (tertiary/aromatic N) is 1. The van der Waals surface area contributed by atoms with E-state index in [1.54, 1.807) is 0 Å². The lowest BCUT2D eigenvalue weighted by molar-refractivity contribution is 0.190. The zero-order valence-electron chi connectivity index (χ0n) is 13.8. The Morgan fingerprint density at radius 3 is 2.29 bits per heavy atom. The van der Waals surface area contributed by atoms with E-state index in [1.165, 1.54) is 6.26 Å². The van der Waals surface area contributed by atoms with Gasteiger partial charge in [-0.1, -0.05) is 27.7 Å². The fourth-order valence-electron chi connectivity index (χ4n) is 3.27. The normalized spacial score (nSPS) is 27.4. The molecule has 2 rings (SSSR count). The highest BCUT2D eigenvalue weighted by Crippen LogP contribution is 2.61. The van der Waals surface area contributed by atoms with Gasteiger partial charge in [0.05, 0.1) is 5.75 Å². The number of urea groups is 1. The largest absolute Gasteiger partial charge is 0.337 e. The summed E-state index contributed by atoms with van der Waals surface area (Å²) in [5.41, 5.74) is 0.201. The molecule has 1 saturated heterocycles. The van der Waals surface area contributed by atoms with E-state index in [4.69, 9.17) is 0 Å². The van der Waals surface area contributed by atoms with Crippen molar-refractivity contribution in [2.24, 2.45) is 22.7 Å². The van der Waals surface area contributed by atoms with E-state index in [1.807, 2.05) is 18.7 Å². The Hall–Kier alpha value is -0.780. The quantitative estimate of drug-likeness (QED) is 0.840. The first-order valence-electron chi connectivity index (χ1n) is 7.63. The Morgan fingerprint density at radius 2 is 1.81 bits per heavy atom. The zero-order valence-corrected chi connectivity index (χ0v) is 14.6. The first-order valence-corrected chi connectivity index (χ1v) is 9.69. The summed E-state index contributed by atoms with van der Waals surface area (Å²) >= 11 is 0. The van der Waals surface area contributed by atoms with E-state index >= 15 is 0 Å². The van der Waals surface area contributed by atoms with E-state index in [0.717, 1.165) is 13.1 Å². The van der Waals surface area contributed by atoms with Crippen LogP contribution in [0.1, 0.15) is 34.1 Å². The highest BCUT2D eigenvalue weighted by atomic mass is 32.2. The second-order valence-electron chi connectivity index (χ2n) is 8.14. The van der Waals surface area contributed by atoms with E-state index in [0.29, 0.717) is 30.2 Å². The van der Waals surface area contributed by atoms with Gasteiger partial charge in [0.1, 0.15) is 9.84 Å². The molecule has 122 valence electrons. The summed E-state index contributed by atoms with van der Waals surface area (Å²) < 4.78 is 22.5. The predicted octanol–water partition coefficient (Wildman–Crippen LogP) is 1.74. The molecule has 2 fully saturated rings. The van der Waals surface area contributed by atoms with Gasteiger partial charge in [0.2, 0.25) is 0 Å². The van der Waals surface area contributed by atoms with Crippen LogP contribution < -0.4 is 5.32 Å². The van der Waals surface area contributed by atoms with Crippen molar-refractivity contribution in [3.05, 3.63) is 0 Å². The summed E-state index contributed by atoms with van der Waals surface area (Å²) in [7, 11) is -2.95. The SMILES string of the molecule is CC(C)(CCS(C)(=O)=O)CNC(=O)N1C[C@@H]2[C@H](C1)C2(C)C. The molecule has 2 atom stereocenters. The van der Waals surface area contributed by atoms with Crippen LogP contribution in [0.5, 0.6) is 0 Å². The monoisotopic (exact) mass is 316 g/mol. The summed E-state index contributed by atoms with van der Waals surface area (Å²) in [4.78, 5) is 14.1. The van der Waals surface area contributed by atoms with Gasteiger partial charge in [0, 0.05) is 25.9 Å². The molecule has 2 aliphatic rings. The summed E-state index contributed by atoms with van der Waals surface area (Å²) in [5.74, 6) is 1.47. The van der Waals surface area contributed by atoms with Crippen LogP contribution in [0.3, 0.4) is 0 Å². The standard InChI is InChI=1S/C15H28N2O3S/c1-14(2,6-7-21(5,19)20)10-16-13(18)17-8-11-12(9-17)15(11,3)4/h11-12H,6-10H2,1-5H3,(H,16,18)/t11-,12+. The van der Waals surface area contributed by atoms with E-state index in [9.17, 15) is 13.2 Å². The summed E-state index contributed by atoms with van der Waals surface area (Å²) in [6.07, 6.45) is 1.81. The van der Waals surface area contributed by atoms with Crippen molar-refractivity contribution in [3.8, 4) is 0 Å². The fraction of sp³-hybridized carbons (Fsp3) is 0.933. The molecule has 0 spiro atoms. The van der Waals surface area contributed by atoms with Crippen molar-refractivity contribution in [2.75, 3.05) is 31.6 Å². The Bertz CT molecular complexity index is 511. The molecule has 2 amide bonds. The van der Waals surface area contributed by atoms with Crippen LogP contribution in [-0.2, 0) is 9.84 Å². The van der Waals surface area contributed by atoms with Gasteiger partial charge in [-0.3, -0.25) is 0 Å². The third-order valence-corrected chi connectivity index (χ3v) is 6.22. The molecule has 1 aliphatic heterocycles. The maximum absolute atomic E-state index is 12.2. The minimum Gasteiger partial charge on any atom is -0.337 e. The molecule has 0 bridgehead atoms. The first-order chi connectivity index (χ1) is 9.42. The number of sulfone groups is 1. The number of carbonyl (C=O) groups excluding carboxylic acids is 1. The lowest BCUT2D eigenvalue weighted by Gasteiger charge is -2.28. The van der Waals surface area contributed by atoms with Gasteiger partial charge in [0.25, 0.3) is 0 Å². The molecule has 0 aromatic rings. The number of carbonyl (C=O) groups is 1. The first kappa shape index (κ1) is 16.6. The minimum absolute atomic E-state index is 0.00886. The van der Waals surface area contributed by atoms with Crippen LogP contribution in [0.15, 0.2) is 0 Å². The van der Waals surface area contributed by atoms with Crippen molar-refractivity contribution < 1.29 is 13.2 Å². The maximum atomic E-state index is 12.2. The van der Waals surface area contributed by atoms with E-state index in [-0.39, 0.29) is 17.2 Å². The van der Waals surface area contributed by atoms with Gasteiger partial charge in [-0.05, 0) is 29.1 Å². The number of rotatable bonds is 5. The number of piperidine rings is 1. The molecule has 1 N–H and O–H groups in total. The van der Waals surface area contributed by atoms with Gasteiger partial charge in [-0.2, -0.15) is 0 Å². The van der Waals surface area contributed by atoms with E-state index < -0.39 is 9.84 Å². The van der Waals surface area contributed by atoms with Gasteiger partial charge < -0.3 is 10.2 Å². The van der Waals surface area contributed by atoms with Crippen LogP contribution >= 0.6 is 0 Å². The highest BCUT2D eigenvalue weighted by Gasteiger charge is 2.62. The maximum Gasteiger partial charge on any atom is 0.317 e. The van der Waals surface area contributed by atoms with E-state index in [2.05, 4.69) is 19.2 Å². The number of nitrogens with one attached hydrogen (secondary N) is 1. The van der Waals surface area contributed by atoms with Crippen LogP contribution in [-0.4, -0.2) is 51.0 Å². The molecule has 6 heteroatoms. The molecule has 0 aromatic heterocycles. The van der Waals surface area contributed by atoms with Crippen LogP contribution in [0.4, 0.5) is 4.79 Å². The van der Waals surface area contributed by atoms with Crippen LogP contribution in [0, 0.1) is 22.7 Å². The van der Waals surface area contributed by atoms with Gasteiger partial charge >= 0.3 is 6.03 Å². The number of hydrogen-bond donors (Lipinski definition) is 1. The zero-order chi connectivity index (χ0) is 16.1. The van der Waals surface area contributed by atoms with Crippen LogP contribution in [0.25, 0.3) is 0 Å². The molecule has 0 radical (unpaired) electrons. The summed E-state index contributed by atoms with van der Waals surface area (Å²) in [5, 5.41) is 2.96. The second kappa shape index (κ2) is 5.14. The lowest BCUT2D eigenvalue weighted by Crippen LogP contribution is -2.44. The smallest absolute Gasteiger partial charge is 0.317 e. The van der Waals surface area contributed by atoms with Crippen LogP contribution in [0.2, 0.25) is 0 Å². The molecule has 1 saturated carbocycles. The Morgan fingerprint density at radius 1 is 1.29 bits per heavy atom. The Balaban J connectivity index is 1.74.